The van der Waals surface area contributed by atoms with Crippen molar-refractivity contribution in [1.29, 1.82) is 0 Å². The molecule has 2 aliphatic rings. The summed E-state index contributed by atoms with van der Waals surface area (Å²) in [6.45, 7) is 7.80. The molecule has 0 radical (unpaired) electrons. The normalized spacial score (nSPS) is 17.7. The SMILES string of the molecule is Cc1ccc(O)cc1/C=N/Nc1cc(N2CCOCC2)nc(N2CCOCC2)n1. The van der Waals surface area contributed by atoms with Crippen LogP contribution in [0.1, 0.15) is 11.1 Å². The Morgan fingerprint density at radius 3 is 2.41 bits per heavy atom. The van der Waals surface area contributed by atoms with Gasteiger partial charge in [0.2, 0.25) is 5.95 Å². The Hall–Kier alpha value is -2.91. The fourth-order valence-corrected chi connectivity index (χ4v) is 3.27. The molecule has 2 aliphatic heterocycles. The number of nitrogens with one attached hydrogen (secondary N) is 1. The van der Waals surface area contributed by atoms with Gasteiger partial charge in [-0.3, -0.25) is 5.43 Å². The van der Waals surface area contributed by atoms with Crippen LogP contribution in [0.4, 0.5) is 17.6 Å². The number of ether oxygens (including phenoxy) is 2. The van der Waals surface area contributed by atoms with Crippen molar-refractivity contribution in [2.75, 3.05) is 67.8 Å². The fraction of sp³-hybridized carbons (Fsp3) is 0.450. The molecule has 4 rings (SSSR count). The smallest absolute Gasteiger partial charge is 0.229 e. The second kappa shape index (κ2) is 9.06. The molecular weight excluding hydrogens is 372 g/mol. The van der Waals surface area contributed by atoms with E-state index in [2.05, 4.69) is 25.3 Å². The van der Waals surface area contributed by atoms with E-state index in [4.69, 9.17) is 14.5 Å². The van der Waals surface area contributed by atoms with Crippen LogP contribution in [0.15, 0.2) is 29.4 Å². The highest BCUT2D eigenvalue weighted by atomic mass is 16.5. The Morgan fingerprint density at radius 2 is 1.69 bits per heavy atom. The molecule has 154 valence electrons. The zero-order valence-corrected chi connectivity index (χ0v) is 16.5. The predicted molar refractivity (Wildman–Crippen MR) is 112 cm³/mol. The van der Waals surface area contributed by atoms with Gasteiger partial charge in [0, 0.05) is 37.8 Å². The summed E-state index contributed by atoms with van der Waals surface area (Å²) in [5.74, 6) is 2.36. The maximum Gasteiger partial charge on any atom is 0.229 e. The maximum absolute atomic E-state index is 9.68. The number of aryl methyl sites for hydroxylation is 1. The molecule has 0 bridgehead atoms. The Labute approximate surface area is 170 Å². The summed E-state index contributed by atoms with van der Waals surface area (Å²) in [6.07, 6.45) is 1.68. The lowest BCUT2D eigenvalue weighted by atomic mass is 10.1. The standard InChI is InChI=1S/C20H26N6O3/c1-15-2-3-17(27)12-16(15)14-21-24-18-13-19(25-4-8-28-9-5-25)23-20(22-18)26-6-10-29-11-7-26/h2-3,12-14,27H,4-11H2,1H3,(H,22,23,24)/b21-14+. The van der Waals surface area contributed by atoms with Crippen LogP contribution in [0.25, 0.3) is 0 Å². The van der Waals surface area contributed by atoms with Crippen molar-refractivity contribution in [2.24, 2.45) is 5.10 Å². The van der Waals surface area contributed by atoms with E-state index in [1.165, 1.54) is 0 Å². The van der Waals surface area contributed by atoms with E-state index in [-0.39, 0.29) is 5.75 Å². The van der Waals surface area contributed by atoms with E-state index in [0.717, 1.165) is 43.1 Å². The number of anilines is 3. The Bertz CT molecular complexity index is 827. The molecule has 1 aromatic carbocycles. The molecule has 0 spiro atoms. The number of hydrogen-bond donors (Lipinski definition) is 2. The molecule has 0 unspecified atom stereocenters. The Balaban J connectivity index is 1.57. The highest BCUT2D eigenvalue weighted by Crippen LogP contribution is 2.22. The van der Waals surface area contributed by atoms with Gasteiger partial charge < -0.3 is 24.4 Å². The zero-order valence-electron chi connectivity index (χ0n) is 16.5. The molecule has 0 saturated carbocycles. The number of rotatable bonds is 5. The molecule has 9 nitrogen and oxygen atoms in total. The van der Waals surface area contributed by atoms with Crippen molar-refractivity contribution in [1.82, 2.24) is 9.97 Å². The second-order valence-electron chi connectivity index (χ2n) is 7.02. The number of morpholine rings is 2. The van der Waals surface area contributed by atoms with E-state index >= 15 is 0 Å². The van der Waals surface area contributed by atoms with Crippen molar-refractivity contribution < 1.29 is 14.6 Å². The van der Waals surface area contributed by atoms with Crippen LogP contribution >= 0.6 is 0 Å². The third-order valence-corrected chi connectivity index (χ3v) is 4.98. The number of phenols is 1. The van der Waals surface area contributed by atoms with Crippen molar-refractivity contribution in [3.05, 3.63) is 35.4 Å². The summed E-state index contributed by atoms with van der Waals surface area (Å²) in [4.78, 5) is 13.8. The Morgan fingerprint density at radius 1 is 1.00 bits per heavy atom. The highest BCUT2D eigenvalue weighted by Gasteiger charge is 2.19. The van der Waals surface area contributed by atoms with Gasteiger partial charge in [-0.2, -0.15) is 15.1 Å². The van der Waals surface area contributed by atoms with Crippen molar-refractivity contribution >= 4 is 23.8 Å². The van der Waals surface area contributed by atoms with Gasteiger partial charge >= 0.3 is 0 Å². The monoisotopic (exact) mass is 398 g/mol. The van der Waals surface area contributed by atoms with Crippen LogP contribution in [0.3, 0.4) is 0 Å². The average molecular weight is 398 g/mol. The third kappa shape index (κ3) is 4.93. The second-order valence-corrected chi connectivity index (χ2v) is 7.02. The lowest BCUT2D eigenvalue weighted by Crippen LogP contribution is -2.39. The first kappa shape index (κ1) is 19.4. The molecule has 1 aromatic heterocycles. The first-order chi connectivity index (χ1) is 14.2. The number of aromatic hydroxyl groups is 1. The quantitative estimate of drug-likeness (QED) is 0.579. The molecule has 2 aromatic rings. The van der Waals surface area contributed by atoms with Crippen LogP contribution in [0.2, 0.25) is 0 Å². The minimum atomic E-state index is 0.211. The van der Waals surface area contributed by atoms with Gasteiger partial charge in [0.05, 0.1) is 32.6 Å². The van der Waals surface area contributed by atoms with Crippen LogP contribution in [0.5, 0.6) is 5.75 Å². The molecule has 3 heterocycles. The minimum absolute atomic E-state index is 0.211. The Kier molecular flexibility index (Phi) is 6.06. The van der Waals surface area contributed by atoms with Crippen LogP contribution < -0.4 is 15.2 Å². The van der Waals surface area contributed by atoms with E-state index in [0.29, 0.717) is 38.2 Å². The van der Waals surface area contributed by atoms with Crippen molar-refractivity contribution in [3.8, 4) is 5.75 Å². The van der Waals surface area contributed by atoms with Crippen molar-refractivity contribution in [2.45, 2.75) is 6.92 Å². The summed E-state index contributed by atoms with van der Waals surface area (Å²) in [5.41, 5.74) is 4.89. The first-order valence-electron chi connectivity index (χ1n) is 9.82. The molecule has 2 fully saturated rings. The number of aromatic nitrogens is 2. The highest BCUT2D eigenvalue weighted by molar-refractivity contribution is 5.82. The number of hydrogen-bond acceptors (Lipinski definition) is 9. The van der Waals surface area contributed by atoms with Crippen LogP contribution in [-0.4, -0.2) is 73.9 Å². The van der Waals surface area contributed by atoms with Crippen LogP contribution in [-0.2, 0) is 9.47 Å². The van der Waals surface area contributed by atoms with Gasteiger partial charge in [-0.15, -0.1) is 0 Å². The number of hydrazone groups is 1. The minimum Gasteiger partial charge on any atom is -0.508 e. The van der Waals surface area contributed by atoms with Gasteiger partial charge in [-0.05, 0) is 24.6 Å². The zero-order chi connectivity index (χ0) is 20.1. The van der Waals surface area contributed by atoms with E-state index < -0.39 is 0 Å². The van der Waals surface area contributed by atoms with Gasteiger partial charge in [0.25, 0.3) is 0 Å². The summed E-state index contributed by atoms with van der Waals surface area (Å²) in [5, 5.41) is 14.0. The van der Waals surface area contributed by atoms with Crippen LogP contribution in [0, 0.1) is 6.92 Å². The number of nitrogens with zero attached hydrogens (tertiary/aromatic N) is 5. The number of benzene rings is 1. The number of phenolic OH excluding ortho intramolecular Hbond substituents is 1. The molecule has 0 aliphatic carbocycles. The molecule has 2 saturated heterocycles. The summed E-state index contributed by atoms with van der Waals surface area (Å²) in [7, 11) is 0. The third-order valence-electron chi connectivity index (χ3n) is 4.98. The largest absolute Gasteiger partial charge is 0.508 e. The van der Waals surface area contributed by atoms with Gasteiger partial charge in [-0.1, -0.05) is 6.07 Å². The van der Waals surface area contributed by atoms with Crippen molar-refractivity contribution in [3.63, 3.8) is 0 Å². The fourth-order valence-electron chi connectivity index (χ4n) is 3.27. The maximum atomic E-state index is 9.68. The lowest BCUT2D eigenvalue weighted by molar-refractivity contribution is 0.121. The van der Waals surface area contributed by atoms with Gasteiger partial charge in [0.15, 0.2) is 5.82 Å². The van der Waals surface area contributed by atoms with Gasteiger partial charge in [0.1, 0.15) is 11.6 Å². The predicted octanol–water partition coefficient (Wildman–Crippen LogP) is 1.61. The molecule has 9 heteroatoms. The van der Waals surface area contributed by atoms with E-state index in [1.54, 1.807) is 18.3 Å². The molecule has 29 heavy (non-hydrogen) atoms. The lowest BCUT2D eigenvalue weighted by Gasteiger charge is -2.31. The molecule has 0 atom stereocenters. The average Bonchev–Trinajstić information content (AvgIpc) is 2.77. The summed E-state index contributed by atoms with van der Waals surface area (Å²) >= 11 is 0. The summed E-state index contributed by atoms with van der Waals surface area (Å²) < 4.78 is 10.9. The molecule has 2 N–H and O–H groups in total. The summed E-state index contributed by atoms with van der Waals surface area (Å²) in [6, 6.07) is 7.10. The van der Waals surface area contributed by atoms with Gasteiger partial charge in [-0.25, -0.2) is 0 Å². The topological polar surface area (TPSA) is 95.3 Å². The molecule has 0 amide bonds. The van der Waals surface area contributed by atoms with E-state index in [1.807, 2.05) is 19.1 Å². The van der Waals surface area contributed by atoms with E-state index in [9.17, 15) is 5.11 Å². The first-order valence-corrected chi connectivity index (χ1v) is 9.82. The molecular formula is C20H26N6O3.